The zero-order valence-corrected chi connectivity index (χ0v) is 17.6. The molecule has 3 unspecified atom stereocenters. The highest BCUT2D eigenvalue weighted by atomic mass is 16.6. The number of benzene rings is 1. The molecule has 1 rings (SSSR count). The number of hydrogen-bond acceptors (Lipinski definition) is 7. The third-order valence-corrected chi connectivity index (χ3v) is 4.09. The Labute approximate surface area is 173 Å². The minimum Gasteiger partial charge on any atom is -0.491 e. The molecule has 29 heavy (non-hydrogen) atoms. The van der Waals surface area contributed by atoms with Gasteiger partial charge in [0, 0.05) is 7.11 Å². The quantitative estimate of drug-likeness (QED) is 0.366. The summed E-state index contributed by atoms with van der Waals surface area (Å²) in [6.45, 7) is 5.80. The van der Waals surface area contributed by atoms with Crippen LogP contribution in [-0.4, -0.2) is 82.7 Å². The van der Waals surface area contributed by atoms with Crippen molar-refractivity contribution in [3.8, 4) is 5.75 Å². The fraction of sp³-hybridized carbons (Fsp3) is 0.667. The van der Waals surface area contributed by atoms with E-state index < -0.39 is 5.97 Å². The second kappa shape index (κ2) is 16.1. The Hall–Kier alpha value is -1.71. The van der Waals surface area contributed by atoms with E-state index >= 15 is 0 Å². The van der Waals surface area contributed by atoms with Gasteiger partial charge in [0.1, 0.15) is 25.1 Å². The summed E-state index contributed by atoms with van der Waals surface area (Å²) >= 11 is 0. The monoisotopic (exact) mass is 414 g/mol. The lowest BCUT2D eigenvalue weighted by atomic mass is 10.1. The first kappa shape index (κ1) is 25.3. The number of para-hydroxylation sites is 1. The Balaban J connectivity index is 2.50. The molecule has 0 aliphatic rings. The Morgan fingerprint density at radius 2 is 1.66 bits per heavy atom. The third kappa shape index (κ3) is 11.8. The van der Waals surface area contributed by atoms with Gasteiger partial charge in [0.05, 0.1) is 45.2 Å². The molecule has 1 aromatic carbocycles. The lowest BCUT2D eigenvalue weighted by molar-refractivity contribution is -0.150. The molecule has 0 heterocycles. The molecule has 0 aliphatic heterocycles. The number of hydrogen-bond donors (Lipinski definition) is 1. The lowest BCUT2D eigenvalue weighted by Gasteiger charge is -2.31. The second-order valence-electron chi connectivity index (χ2n) is 6.33. The number of aliphatic carboxylic acids is 1. The fourth-order valence-corrected chi connectivity index (χ4v) is 2.68. The maximum atomic E-state index is 10.5. The molecule has 0 aromatic heterocycles. The first-order chi connectivity index (χ1) is 14.1. The molecule has 8 nitrogen and oxygen atoms in total. The maximum absolute atomic E-state index is 10.5. The minimum absolute atomic E-state index is 0.170. The summed E-state index contributed by atoms with van der Waals surface area (Å²) in [6, 6.07) is 9.55. The molecule has 0 saturated carbocycles. The van der Waals surface area contributed by atoms with Crippen molar-refractivity contribution in [3.05, 3.63) is 30.3 Å². The van der Waals surface area contributed by atoms with E-state index in [0.29, 0.717) is 26.4 Å². The number of carboxylic acid groups (broad SMARTS) is 1. The Bertz CT molecular complexity index is 525. The standard InChI is InChI=1S/C21H34O8/c1-4-19(28-12-10-24-3)21(17(2)26-13-11-25-16-20(22)23)29-15-14-27-18-8-6-5-7-9-18/h5-9,17,19,21H,4,10-16H2,1-3H3,(H,22,23). The molecule has 8 heteroatoms. The molecule has 166 valence electrons. The summed E-state index contributed by atoms with van der Waals surface area (Å²) < 4.78 is 33.5. The summed E-state index contributed by atoms with van der Waals surface area (Å²) in [5, 5.41) is 8.60. The largest absolute Gasteiger partial charge is 0.491 e. The van der Waals surface area contributed by atoms with Crippen LogP contribution in [-0.2, 0) is 28.5 Å². The van der Waals surface area contributed by atoms with Gasteiger partial charge in [-0.25, -0.2) is 4.79 Å². The van der Waals surface area contributed by atoms with Crippen molar-refractivity contribution in [2.45, 2.75) is 38.6 Å². The van der Waals surface area contributed by atoms with Gasteiger partial charge in [0.15, 0.2) is 0 Å². The van der Waals surface area contributed by atoms with Gasteiger partial charge in [-0.15, -0.1) is 0 Å². The Morgan fingerprint density at radius 3 is 2.31 bits per heavy atom. The van der Waals surface area contributed by atoms with Crippen LogP contribution in [0.15, 0.2) is 30.3 Å². The van der Waals surface area contributed by atoms with Crippen LogP contribution < -0.4 is 4.74 Å². The summed E-state index contributed by atoms with van der Waals surface area (Å²) in [5.41, 5.74) is 0. The molecule has 0 bridgehead atoms. The SMILES string of the molecule is CCC(OCCOC)C(OCCOc1ccccc1)C(C)OCCOCC(=O)O. The van der Waals surface area contributed by atoms with E-state index in [0.717, 1.165) is 12.2 Å². The van der Waals surface area contributed by atoms with E-state index in [1.165, 1.54) is 0 Å². The van der Waals surface area contributed by atoms with Crippen molar-refractivity contribution < 1.29 is 38.3 Å². The van der Waals surface area contributed by atoms with Crippen LogP contribution in [0.3, 0.4) is 0 Å². The molecule has 1 N–H and O–H groups in total. The molecule has 3 atom stereocenters. The summed E-state index contributed by atoms with van der Waals surface area (Å²) in [6.07, 6.45) is -0.00269. The number of carbonyl (C=O) groups is 1. The van der Waals surface area contributed by atoms with Gasteiger partial charge >= 0.3 is 5.97 Å². The van der Waals surface area contributed by atoms with Gasteiger partial charge in [-0.05, 0) is 25.5 Å². The molecule has 0 aliphatic carbocycles. The highest BCUT2D eigenvalue weighted by Crippen LogP contribution is 2.16. The summed E-state index contributed by atoms with van der Waals surface area (Å²) in [7, 11) is 1.63. The van der Waals surface area contributed by atoms with Crippen LogP contribution >= 0.6 is 0 Å². The normalized spacial score (nSPS) is 14.3. The van der Waals surface area contributed by atoms with Crippen molar-refractivity contribution in [3.63, 3.8) is 0 Å². The number of methoxy groups -OCH3 is 1. The van der Waals surface area contributed by atoms with Crippen LogP contribution in [0.4, 0.5) is 0 Å². The van der Waals surface area contributed by atoms with Gasteiger partial charge in [-0.1, -0.05) is 25.1 Å². The molecule has 0 saturated heterocycles. The highest BCUT2D eigenvalue weighted by molar-refractivity contribution is 5.67. The van der Waals surface area contributed by atoms with Crippen LogP contribution in [0.5, 0.6) is 5.75 Å². The zero-order valence-electron chi connectivity index (χ0n) is 17.6. The first-order valence-electron chi connectivity index (χ1n) is 9.89. The molecule has 0 amide bonds. The minimum atomic E-state index is -1.00. The molecule has 1 aromatic rings. The zero-order chi connectivity index (χ0) is 21.3. The highest BCUT2D eigenvalue weighted by Gasteiger charge is 2.28. The van der Waals surface area contributed by atoms with E-state index in [1.54, 1.807) is 7.11 Å². The smallest absolute Gasteiger partial charge is 0.329 e. The number of ether oxygens (including phenoxy) is 6. The lowest BCUT2D eigenvalue weighted by Crippen LogP contribution is -2.42. The number of rotatable bonds is 18. The third-order valence-electron chi connectivity index (χ3n) is 4.09. The Morgan fingerprint density at radius 1 is 0.966 bits per heavy atom. The predicted octanol–water partition coefficient (Wildman–Crippen LogP) is 2.40. The van der Waals surface area contributed by atoms with E-state index in [9.17, 15) is 4.79 Å². The van der Waals surface area contributed by atoms with Gasteiger partial charge in [0.25, 0.3) is 0 Å². The fourth-order valence-electron chi connectivity index (χ4n) is 2.68. The van der Waals surface area contributed by atoms with Crippen LogP contribution in [0.25, 0.3) is 0 Å². The van der Waals surface area contributed by atoms with Crippen molar-refractivity contribution in [2.75, 3.05) is 53.4 Å². The summed E-state index contributed by atoms with van der Waals surface area (Å²) in [4.78, 5) is 10.5. The van der Waals surface area contributed by atoms with Gasteiger partial charge in [0.2, 0.25) is 0 Å². The van der Waals surface area contributed by atoms with E-state index in [4.69, 9.17) is 33.5 Å². The van der Waals surface area contributed by atoms with Gasteiger partial charge in [-0.3, -0.25) is 0 Å². The maximum Gasteiger partial charge on any atom is 0.329 e. The summed E-state index contributed by atoms with van der Waals surface area (Å²) in [5.74, 6) is -0.217. The predicted molar refractivity (Wildman–Crippen MR) is 107 cm³/mol. The topological polar surface area (TPSA) is 92.7 Å². The molecular formula is C21H34O8. The molecular weight excluding hydrogens is 380 g/mol. The molecule has 0 radical (unpaired) electrons. The van der Waals surface area contributed by atoms with E-state index in [2.05, 4.69) is 0 Å². The van der Waals surface area contributed by atoms with Crippen molar-refractivity contribution >= 4 is 5.97 Å². The van der Waals surface area contributed by atoms with Crippen molar-refractivity contribution in [2.24, 2.45) is 0 Å². The second-order valence-corrected chi connectivity index (χ2v) is 6.33. The first-order valence-corrected chi connectivity index (χ1v) is 9.89. The van der Waals surface area contributed by atoms with Crippen molar-refractivity contribution in [1.29, 1.82) is 0 Å². The van der Waals surface area contributed by atoms with Gasteiger partial charge in [-0.2, -0.15) is 0 Å². The average molecular weight is 414 g/mol. The van der Waals surface area contributed by atoms with E-state index in [-0.39, 0.29) is 38.1 Å². The molecule has 0 fully saturated rings. The number of carboxylic acids is 1. The Kier molecular flexibility index (Phi) is 14.1. The average Bonchev–Trinajstić information content (AvgIpc) is 2.72. The van der Waals surface area contributed by atoms with Crippen molar-refractivity contribution in [1.82, 2.24) is 0 Å². The van der Waals surface area contributed by atoms with Crippen LogP contribution in [0.2, 0.25) is 0 Å². The van der Waals surface area contributed by atoms with Crippen LogP contribution in [0, 0.1) is 0 Å². The van der Waals surface area contributed by atoms with Gasteiger partial charge < -0.3 is 33.5 Å². The van der Waals surface area contributed by atoms with Crippen LogP contribution in [0.1, 0.15) is 20.3 Å². The molecule has 0 spiro atoms. The van der Waals surface area contributed by atoms with E-state index in [1.807, 2.05) is 44.2 Å².